The molecule has 1 aromatic carbocycles. The van der Waals surface area contributed by atoms with Crippen molar-refractivity contribution in [1.82, 2.24) is 0 Å². The number of aliphatic imine (C=N–C) groups is 1. The van der Waals surface area contributed by atoms with Crippen LogP contribution in [0.1, 0.15) is 13.8 Å². The Morgan fingerprint density at radius 2 is 1.73 bits per heavy atom. The van der Waals surface area contributed by atoms with Gasteiger partial charge in [0, 0.05) is 34.3 Å². The van der Waals surface area contributed by atoms with Crippen LogP contribution in [0.4, 0.5) is 15.3 Å². The monoisotopic (exact) mass is 342 g/mol. The first-order chi connectivity index (χ1) is 10.6. The average molecular weight is 342 g/mol. The Morgan fingerprint density at radius 1 is 1.09 bits per heavy atom. The van der Waals surface area contributed by atoms with Crippen molar-refractivity contribution in [2.24, 2.45) is 4.99 Å². The van der Waals surface area contributed by atoms with Gasteiger partial charge in [0.1, 0.15) is 0 Å². The lowest BCUT2D eigenvalue weighted by atomic mass is 10.3. The largest absolute Gasteiger partial charge is 0.472 e. The van der Waals surface area contributed by atoms with Gasteiger partial charge in [-0.3, -0.25) is 4.79 Å². The van der Waals surface area contributed by atoms with Crippen LogP contribution in [0.2, 0.25) is 0 Å². The third-order valence-corrected chi connectivity index (χ3v) is 4.28. The summed E-state index contributed by atoms with van der Waals surface area (Å²) in [6.45, 7) is 4.03. The van der Waals surface area contributed by atoms with E-state index in [1.165, 1.54) is 4.90 Å². The number of hydrogen-bond acceptors (Lipinski definition) is 6. The number of nitrogens with zero attached hydrogens (tertiary/aromatic N) is 2. The first-order valence-corrected chi connectivity index (χ1v) is 8.79. The summed E-state index contributed by atoms with van der Waals surface area (Å²) in [6.07, 6.45) is -0.733. The SMILES string of the molecule is CCOC(=O)/N=C(\OCC)SSC(=O)N(C)c1ccccc1. The molecule has 0 aliphatic carbocycles. The number of rotatable bonds is 3. The van der Waals surface area contributed by atoms with Crippen LogP contribution in [0, 0.1) is 0 Å². The summed E-state index contributed by atoms with van der Waals surface area (Å²) in [4.78, 5) is 28.6. The lowest BCUT2D eigenvalue weighted by molar-refractivity contribution is 0.162. The highest BCUT2D eigenvalue weighted by Gasteiger charge is 2.15. The molecule has 120 valence electrons. The van der Waals surface area contributed by atoms with Gasteiger partial charge in [-0.2, -0.15) is 0 Å². The Balaban J connectivity index is 2.60. The van der Waals surface area contributed by atoms with E-state index in [2.05, 4.69) is 4.99 Å². The molecule has 0 unspecified atom stereocenters. The molecule has 0 bridgehead atoms. The molecule has 0 N–H and O–H groups in total. The van der Waals surface area contributed by atoms with Crippen LogP contribution in [-0.2, 0) is 9.47 Å². The van der Waals surface area contributed by atoms with Gasteiger partial charge in [0.15, 0.2) is 0 Å². The summed E-state index contributed by atoms with van der Waals surface area (Å²) in [5, 5.41) is -0.103. The number of benzene rings is 1. The minimum atomic E-state index is -0.733. The molecule has 0 spiro atoms. The predicted molar refractivity (Wildman–Crippen MR) is 91.5 cm³/mol. The Bertz CT molecular complexity index is 523. The molecule has 0 aliphatic heterocycles. The number of amides is 2. The highest BCUT2D eigenvalue weighted by molar-refractivity contribution is 8.87. The smallest absolute Gasteiger partial charge is 0.437 e. The van der Waals surface area contributed by atoms with E-state index >= 15 is 0 Å². The van der Waals surface area contributed by atoms with Crippen LogP contribution in [0.25, 0.3) is 0 Å². The molecular weight excluding hydrogens is 324 g/mol. The molecule has 8 heteroatoms. The number of carbonyl (C=O) groups excluding carboxylic acids is 2. The fourth-order valence-electron chi connectivity index (χ4n) is 1.31. The van der Waals surface area contributed by atoms with E-state index < -0.39 is 6.09 Å². The zero-order valence-electron chi connectivity index (χ0n) is 12.6. The van der Waals surface area contributed by atoms with Gasteiger partial charge in [-0.05, 0) is 26.0 Å². The lowest BCUT2D eigenvalue weighted by Crippen LogP contribution is -2.21. The first kappa shape index (κ1) is 18.4. The van der Waals surface area contributed by atoms with Crippen LogP contribution >= 0.6 is 21.6 Å². The van der Waals surface area contributed by atoms with Crippen LogP contribution in [0.5, 0.6) is 0 Å². The maximum Gasteiger partial charge on any atom is 0.437 e. The molecule has 0 saturated heterocycles. The summed E-state index contributed by atoms with van der Waals surface area (Å²) < 4.78 is 9.93. The molecule has 0 aliphatic rings. The van der Waals surface area contributed by atoms with Gasteiger partial charge in [-0.15, -0.1) is 4.99 Å². The molecule has 1 rings (SSSR count). The van der Waals surface area contributed by atoms with Gasteiger partial charge in [0.25, 0.3) is 10.5 Å². The topological polar surface area (TPSA) is 68.2 Å². The third kappa shape index (κ3) is 6.40. The number of hydrogen-bond donors (Lipinski definition) is 0. The van der Waals surface area contributed by atoms with Gasteiger partial charge in [0.05, 0.1) is 13.2 Å². The van der Waals surface area contributed by atoms with E-state index in [9.17, 15) is 9.59 Å². The van der Waals surface area contributed by atoms with E-state index in [4.69, 9.17) is 9.47 Å². The molecule has 22 heavy (non-hydrogen) atoms. The Hall–Kier alpha value is -1.67. The average Bonchev–Trinajstić information content (AvgIpc) is 2.53. The van der Waals surface area contributed by atoms with Crippen LogP contribution in [0.3, 0.4) is 0 Å². The highest BCUT2D eigenvalue weighted by atomic mass is 33.1. The number of carbonyl (C=O) groups is 2. The van der Waals surface area contributed by atoms with Crippen molar-refractivity contribution in [2.45, 2.75) is 13.8 Å². The van der Waals surface area contributed by atoms with Gasteiger partial charge in [-0.25, -0.2) is 4.79 Å². The molecule has 0 radical (unpaired) electrons. The van der Waals surface area contributed by atoms with E-state index in [0.717, 1.165) is 27.3 Å². The zero-order chi connectivity index (χ0) is 16.4. The summed E-state index contributed by atoms with van der Waals surface area (Å²) in [7, 11) is 3.59. The Labute approximate surface area is 137 Å². The molecule has 2 amide bonds. The lowest BCUT2D eigenvalue weighted by Gasteiger charge is -2.16. The van der Waals surface area contributed by atoms with E-state index in [0.29, 0.717) is 6.61 Å². The third-order valence-electron chi connectivity index (χ3n) is 2.32. The van der Waals surface area contributed by atoms with Gasteiger partial charge < -0.3 is 14.4 Å². The second kappa shape index (κ2) is 10.1. The van der Waals surface area contributed by atoms with E-state index in [1.54, 1.807) is 20.9 Å². The summed E-state index contributed by atoms with van der Waals surface area (Å²) >= 11 is 0. The van der Waals surface area contributed by atoms with Crippen molar-refractivity contribution in [2.75, 3.05) is 25.2 Å². The number of para-hydroxylation sites is 1. The van der Waals surface area contributed by atoms with Crippen LogP contribution < -0.4 is 4.90 Å². The minimum Gasteiger partial charge on any atom is -0.472 e. The van der Waals surface area contributed by atoms with Gasteiger partial charge >= 0.3 is 6.09 Å². The fraction of sp³-hybridized carbons (Fsp3) is 0.357. The maximum atomic E-state index is 12.1. The van der Waals surface area contributed by atoms with Crippen LogP contribution in [0.15, 0.2) is 35.3 Å². The quantitative estimate of drug-likeness (QED) is 0.466. The van der Waals surface area contributed by atoms with E-state index in [-0.39, 0.29) is 17.1 Å². The zero-order valence-corrected chi connectivity index (χ0v) is 14.3. The van der Waals surface area contributed by atoms with Crippen molar-refractivity contribution in [1.29, 1.82) is 0 Å². The fourth-order valence-corrected chi connectivity index (χ4v) is 2.97. The second-order valence-corrected chi connectivity index (χ2v) is 5.87. The summed E-state index contributed by atoms with van der Waals surface area (Å²) in [5.74, 6) is 0. The minimum absolute atomic E-state index is 0.0979. The number of anilines is 1. The maximum absolute atomic E-state index is 12.1. The molecule has 0 atom stereocenters. The Kier molecular flexibility index (Phi) is 8.46. The van der Waals surface area contributed by atoms with Crippen molar-refractivity contribution < 1.29 is 19.1 Å². The summed E-state index contributed by atoms with van der Waals surface area (Å²) in [5.41, 5.74) is 0.779. The Morgan fingerprint density at radius 3 is 2.32 bits per heavy atom. The number of ether oxygens (including phenoxy) is 2. The summed E-state index contributed by atoms with van der Waals surface area (Å²) in [6, 6.07) is 9.25. The van der Waals surface area contributed by atoms with Gasteiger partial charge in [-0.1, -0.05) is 18.2 Å². The highest BCUT2D eigenvalue weighted by Crippen LogP contribution is 2.28. The molecule has 0 saturated carbocycles. The van der Waals surface area contributed by atoms with Crippen LogP contribution in [-0.4, -0.2) is 36.8 Å². The van der Waals surface area contributed by atoms with Gasteiger partial charge in [0.2, 0.25) is 0 Å². The van der Waals surface area contributed by atoms with Crippen molar-refractivity contribution in [3.05, 3.63) is 30.3 Å². The molecule has 0 aromatic heterocycles. The second-order valence-electron chi connectivity index (χ2n) is 3.84. The standard InChI is InChI=1S/C14H18N2O4S2/c1-4-19-12(17)15-13(20-5-2)21-22-14(18)16(3)11-9-7-6-8-10-11/h6-10H,4-5H2,1-3H3/b15-13+. The van der Waals surface area contributed by atoms with Crippen molar-refractivity contribution in [3.63, 3.8) is 0 Å². The molecule has 1 aromatic rings. The molecule has 0 fully saturated rings. The molecule has 0 heterocycles. The first-order valence-electron chi connectivity index (χ1n) is 6.64. The van der Waals surface area contributed by atoms with E-state index in [1.807, 2.05) is 30.3 Å². The predicted octanol–water partition coefficient (Wildman–Crippen LogP) is 4.17. The van der Waals surface area contributed by atoms with Crippen molar-refractivity contribution in [3.8, 4) is 0 Å². The molecular formula is C14H18N2O4S2. The van der Waals surface area contributed by atoms with Crippen molar-refractivity contribution >= 4 is 43.8 Å². The molecule has 6 nitrogen and oxygen atoms in total. The normalized spacial score (nSPS) is 11.0.